The molecular formula is C16H23N5O2S. The number of aryl methyl sites for hydroxylation is 1. The minimum Gasteiger partial charge on any atom is -0.383 e. The Kier molecular flexibility index (Phi) is 6.08. The largest absolute Gasteiger partial charge is 0.383 e. The molecule has 1 saturated heterocycles. The van der Waals surface area contributed by atoms with Crippen molar-refractivity contribution < 1.29 is 9.47 Å². The van der Waals surface area contributed by atoms with E-state index in [4.69, 9.17) is 9.47 Å². The number of methoxy groups -OCH3 is 1. The fourth-order valence-corrected chi connectivity index (χ4v) is 3.44. The fourth-order valence-electron chi connectivity index (χ4n) is 2.64. The molecular weight excluding hydrogens is 326 g/mol. The van der Waals surface area contributed by atoms with Crippen molar-refractivity contribution in [1.82, 2.24) is 19.9 Å². The Hall–Kier alpha value is -1.61. The van der Waals surface area contributed by atoms with Crippen LogP contribution in [0.4, 0.5) is 5.82 Å². The molecule has 0 radical (unpaired) electrons. The van der Waals surface area contributed by atoms with E-state index in [9.17, 15) is 0 Å². The third-order valence-electron chi connectivity index (χ3n) is 4.02. The Morgan fingerprint density at radius 3 is 3.17 bits per heavy atom. The van der Waals surface area contributed by atoms with E-state index < -0.39 is 0 Å². The minimum absolute atomic E-state index is 0.0597. The molecule has 0 aliphatic carbocycles. The van der Waals surface area contributed by atoms with Crippen molar-refractivity contribution in [3.63, 3.8) is 0 Å². The quantitative estimate of drug-likeness (QED) is 0.765. The van der Waals surface area contributed by atoms with E-state index >= 15 is 0 Å². The van der Waals surface area contributed by atoms with E-state index in [0.29, 0.717) is 13.2 Å². The first kappa shape index (κ1) is 17.2. The molecule has 8 heteroatoms. The third kappa shape index (κ3) is 4.27. The highest BCUT2D eigenvalue weighted by Gasteiger charge is 2.28. The van der Waals surface area contributed by atoms with Gasteiger partial charge in [-0.05, 0) is 13.0 Å². The number of anilines is 1. The average molecular weight is 349 g/mol. The number of rotatable bonds is 7. The molecule has 2 aromatic rings. The van der Waals surface area contributed by atoms with Gasteiger partial charge in [0.15, 0.2) is 0 Å². The van der Waals surface area contributed by atoms with Crippen LogP contribution in [0.15, 0.2) is 17.8 Å². The summed E-state index contributed by atoms with van der Waals surface area (Å²) >= 11 is 1.70. The zero-order valence-corrected chi connectivity index (χ0v) is 14.9. The third-order valence-corrected chi connectivity index (χ3v) is 4.94. The van der Waals surface area contributed by atoms with Gasteiger partial charge in [0.1, 0.15) is 11.6 Å². The highest BCUT2D eigenvalue weighted by atomic mass is 32.1. The molecule has 1 fully saturated rings. The smallest absolute Gasteiger partial charge is 0.150 e. The molecule has 0 aromatic carbocycles. The first-order valence-electron chi connectivity index (χ1n) is 8.04. The molecule has 3 rings (SSSR count). The maximum Gasteiger partial charge on any atom is 0.150 e. The van der Waals surface area contributed by atoms with Crippen molar-refractivity contribution >= 4 is 17.2 Å². The lowest BCUT2D eigenvalue weighted by Crippen LogP contribution is -2.39. The molecule has 0 saturated carbocycles. The van der Waals surface area contributed by atoms with E-state index in [1.165, 1.54) is 4.88 Å². The standard InChI is InChI=1S/C16H23N5O2S/c1-12-14(24-11-19-12)9-21-6-8-23-10-13(21)16-18-4-3-15(20-16)17-5-7-22-2/h3-4,11,13H,5-10H2,1-2H3,(H,17,18,20)/t13-/m1/s1. The van der Waals surface area contributed by atoms with Gasteiger partial charge >= 0.3 is 0 Å². The van der Waals surface area contributed by atoms with Crippen LogP contribution in [0.3, 0.4) is 0 Å². The van der Waals surface area contributed by atoms with Crippen LogP contribution >= 0.6 is 11.3 Å². The topological polar surface area (TPSA) is 72.4 Å². The summed E-state index contributed by atoms with van der Waals surface area (Å²) in [6, 6.07) is 1.94. The van der Waals surface area contributed by atoms with Gasteiger partial charge in [0.2, 0.25) is 0 Å². The second kappa shape index (κ2) is 8.48. The molecule has 1 atom stereocenters. The van der Waals surface area contributed by atoms with E-state index in [-0.39, 0.29) is 6.04 Å². The van der Waals surface area contributed by atoms with Gasteiger partial charge in [-0.2, -0.15) is 0 Å². The lowest BCUT2D eigenvalue weighted by molar-refractivity contribution is -0.0155. The van der Waals surface area contributed by atoms with Crippen LogP contribution in [0.1, 0.15) is 22.4 Å². The summed E-state index contributed by atoms with van der Waals surface area (Å²) in [6.07, 6.45) is 1.79. The average Bonchev–Trinajstić information content (AvgIpc) is 3.01. The molecule has 0 spiro atoms. The highest BCUT2D eigenvalue weighted by molar-refractivity contribution is 7.09. The van der Waals surface area contributed by atoms with Crippen LogP contribution in [-0.2, 0) is 16.0 Å². The van der Waals surface area contributed by atoms with Gasteiger partial charge in [-0.3, -0.25) is 4.90 Å². The second-order valence-electron chi connectivity index (χ2n) is 5.64. The van der Waals surface area contributed by atoms with E-state index in [1.807, 2.05) is 11.6 Å². The van der Waals surface area contributed by atoms with Crippen molar-refractivity contribution in [3.8, 4) is 0 Å². The lowest BCUT2D eigenvalue weighted by atomic mass is 10.2. The predicted molar refractivity (Wildman–Crippen MR) is 93.2 cm³/mol. The van der Waals surface area contributed by atoms with Gasteiger partial charge in [-0.1, -0.05) is 0 Å². The van der Waals surface area contributed by atoms with Crippen LogP contribution in [0.5, 0.6) is 0 Å². The number of thiazole rings is 1. The Morgan fingerprint density at radius 1 is 1.46 bits per heavy atom. The summed E-state index contributed by atoms with van der Waals surface area (Å²) in [6.45, 7) is 6.49. The lowest BCUT2D eigenvalue weighted by Gasteiger charge is -2.34. The van der Waals surface area contributed by atoms with E-state index in [1.54, 1.807) is 24.6 Å². The molecule has 7 nitrogen and oxygen atoms in total. The van der Waals surface area contributed by atoms with Crippen molar-refractivity contribution in [3.05, 3.63) is 34.2 Å². The fraction of sp³-hybridized carbons (Fsp3) is 0.562. The van der Waals surface area contributed by atoms with Gasteiger partial charge < -0.3 is 14.8 Å². The summed E-state index contributed by atoms with van der Waals surface area (Å²) < 4.78 is 10.7. The molecule has 0 amide bonds. The van der Waals surface area contributed by atoms with Gasteiger partial charge in [0.05, 0.1) is 37.1 Å². The predicted octanol–water partition coefficient (Wildman–Crippen LogP) is 1.87. The van der Waals surface area contributed by atoms with Crippen LogP contribution < -0.4 is 5.32 Å². The van der Waals surface area contributed by atoms with Crippen molar-refractivity contribution in [2.45, 2.75) is 19.5 Å². The van der Waals surface area contributed by atoms with Crippen LogP contribution in [0.25, 0.3) is 0 Å². The molecule has 1 N–H and O–H groups in total. The number of nitrogens with one attached hydrogen (secondary N) is 1. The summed E-state index contributed by atoms with van der Waals surface area (Å²) in [7, 11) is 1.69. The molecule has 2 aromatic heterocycles. The van der Waals surface area contributed by atoms with Crippen molar-refractivity contribution in [2.75, 3.05) is 45.3 Å². The normalized spacial score (nSPS) is 18.7. The Balaban J connectivity index is 1.72. The first-order chi connectivity index (χ1) is 11.8. The van der Waals surface area contributed by atoms with Gasteiger partial charge in [-0.25, -0.2) is 15.0 Å². The molecule has 0 unspecified atom stereocenters. The molecule has 130 valence electrons. The Labute approximate surface area is 146 Å². The summed E-state index contributed by atoms with van der Waals surface area (Å²) in [5.74, 6) is 1.61. The van der Waals surface area contributed by atoms with Crippen molar-refractivity contribution in [1.29, 1.82) is 0 Å². The number of morpholine rings is 1. The maximum atomic E-state index is 5.68. The van der Waals surface area contributed by atoms with E-state index in [0.717, 1.165) is 43.6 Å². The number of ether oxygens (including phenoxy) is 2. The number of nitrogens with zero attached hydrogens (tertiary/aromatic N) is 4. The molecule has 1 aliphatic rings. The SMILES string of the molecule is COCCNc1ccnc([C@H]2COCCN2Cc2scnc2C)n1. The van der Waals surface area contributed by atoms with Crippen LogP contribution in [0.2, 0.25) is 0 Å². The van der Waals surface area contributed by atoms with Gasteiger partial charge in [0, 0.05) is 37.8 Å². The van der Waals surface area contributed by atoms with Gasteiger partial charge in [-0.15, -0.1) is 11.3 Å². The minimum atomic E-state index is 0.0597. The summed E-state index contributed by atoms with van der Waals surface area (Å²) in [5, 5.41) is 3.25. The zero-order chi connectivity index (χ0) is 16.8. The molecule has 24 heavy (non-hydrogen) atoms. The monoisotopic (exact) mass is 349 g/mol. The summed E-state index contributed by atoms with van der Waals surface area (Å²) in [5.41, 5.74) is 3.00. The van der Waals surface area contributed by atoms with Crippen molar-refractivity contribution in [2.24, 2.45) is 0 Å². The van der Waals surface area contributed by atoms with Crippen LogP contribution in [-0.4, -0.2) is 59.9 Å². The molecule has 0 bridgehead atoms. The number of hydrogen-bond donors (Lipinski definition) is 1. The Morgan fingerprint density at radius 2 is 2.38 bits per heavy atom. The van der Waals surface area contributed by atoms with Gasteiger partial charge in [0.25, 0.3) is 0 Å². The van der Waals surface area contributed by atoms with Crippen LogP contribution in [0, 0.1) is 6.92 Å². The number of hydrogen-bond acceptors (Lipinski definition) is 8. The zero-order valence-electron chi connectivity index (χ0n) is 14.1. The Bertz CT molecular complexity index is 651. The van der Waals surface area contributed by atoms with E-state index in [2.05, 4.69) is 32.1 Å². The highest BCUT2D eigenvalue weighted by Crippen LogP contribution is 2.26. The number of aromatic nitrogens is 3. The second-order valence-corrected chi connectivity index (χ2v) is 6.58. The molecule has 1 aliphatic heterocycles. The maximum absolute atomic E-state index is 5.68. The first-order valence-corrected chi connectivity index (χ1v) is 8.92. The molecule has 3 heterocycles. The summed E-state index contributed by atoms with van der Waals surface area (Å²) in [4.78, 5) is 17.1.